The molecule has 0 aliphatic carbocycles. The van der Waals surface area contributed by atoms with Crippen molar-refractivity contribution >= 4 is 23.6 Å². The first-order valence-electron chi connectivity index (χ1n) is 12.2. The van der Waals surface area contributed by atoms with Crippen LogP contribution < -0.4 is 10.6 Å². The normalized spacial score (nSPS) is 19.9. The van der Waals surface area contributed by atoms with E-state index in [1.54, 1.807) is 32.6 Å². The number of nitrogens with zero attached hydrogens (tertiary/aromatic N) is 1. The van der Waals surface area contributed by atoms with Gasteiger partial charge in [0.25, 0.3) is 0 Å². The van der Waals surface area contributed by atoms with Crippen molar-refractivity contribution in [2.75, 3.05) is 5.32 Å². The fraction of sp³-hybridized carbons (Fsp3) is 0.464. The largest absolute Gasteiger partial charge is 0.444 e. The van der Waals surface area contributed by atoms with Crippen LogP contribution in [0.25, 0.3) is 0 Å². The smallest absolute Gasteiger partial charge is 0.408 e. The van der Waals surface area contributed by atoms with E-state index in [1.165, 1.54) is 0 Å². The molecular formula is C28H37N3O4. The van der Waals surface area contributed by atoms with E-state index >= 15 is 0 Å². The minimum Gasteiger partial charge on any atom is -0.444 e. The maximum atomic E-state index is 13.8. The van der Waals surface area contributed by atoms with E-state index < -0.39 is 29.7 Å². The van der Waals surface area contributed by atoms with Crippen molar-refractivity contribution in [3.05, 3.63) is 64.7 Å². The summed E-state index contributed by atoms with van der Waals surface area (Å²) in [6, 6.07) is 12.2. The van der Waals surface area contributed by atoms with Gasteiger partial charge in [-0.25, -0.2) is 4.79 Å². The Labute approximate surface area is 208 Å². The molecule has 3 amide bonds. The number of hydrogen-bond acceptors (Lipinski definition) is 4. The average Bonchev–Trinajstić information content (AvgIpc) is 2.89. The highest BCUT2D eigenvalue weighted by Gasteiger charge is 2.42. The summed E-state index contributed by atoms with van der Waals surface area (Å²) in [4.78, 5) is 41.4. The topological polar surface area (TPSA) is 87.7 Å². The number of anilines is 1. The second kappa shape index (κ2) is 10.5. The Morgan fingerprint density at radius 2 is 1.66 bits per heavy atom. The Morgan fingerprint density at radius 1 is 1.03 bits per heavy atom. The molecule has 0 bridgehead atoms. The summed E-state index contributed by atoms with van der Waals surface area (Å²) in [7, 11) is 0. The Balaban J connectivity index is 2.05. The first-order chi connectivity index (χ1) is 16.4. The highest BCUT2D eigenvalue weighted by molar-refractivity contribution is 5.98. The molecular weight excluding hydrogens is 442 g/mol. The number of carbonyl (C=O) groups excluding carboxylic acids is 3. The molecule has 0 unspecified atom stereocenters. The zero-order valence-electron chi connectivity index (χ0n) is 21.8. The molecule has 0 radical (unpaired) electrons. The summed E-state index contributed by atoms with van der Waals surface area (Å²) < 4.78 is 5.53. The van der Waals surface area contributed by atoms with Crippen molar-refractivity contribution in [1.29, 1.82) is 0 Å². The Morgan fingerprint density at radius 3 is 2.26 bits per heavy atom. The summed E-state index contributed by atoms with van der Waals surface area (Å²) in [5.74, 6) is -0.822. The Kier molecular flexibility index (Phi) is 7.88. The molecule has 188 valence electrons. The molecule has 1 aliphatic rings. The van der Waals surface area contributed by atoms with Crippen molar-refractivity contribution in [1.82, 2.24) is 10.2 Å². The molecule has 0 saturated carbocycles. The van der Waals surface area contributed by atoms with Crippen LogP contribution in [-0.4, -0.2) is 34.5 Å². The van der Waals surface area contributed by atoms with Crippen LogP contribution in [0.1, 0.15) is 69.3 Å². The quantitative estimate of drug-likeness (QED) is 0.626. The molecule has 0 saturated heterocycles. The molecule has 2 N–H and O–H groups in total. The lowest BCUT2D eigenvalue weighted by molar-refractivity contribution is -0.141. The predicted molar refractivity (Wildman–Crippen MR) is 137 cm³/mol. The van der Waals surface area contributed by atoms with Crippen molar-refractivity contribution < 1.29 is 19.1 Å². The monoisotopic (exact) mass is 479 g/mol. The number of para-hydroxylation sites is 1. The third-order valence-electron chi connectivity index (χ3n) is 6.38. The second-order valence-electron chi connectivity index (χ2n) is 10.3. The van der Waals surface area contributed by atoms with Crippen molar-refractivity contribution in [3.63, 3.8) is 0 Å². The number of amides is 3. The summed E-state index contributed by atoms with van der Waals surface area (Å²) in [6.45, 7) is 13.3. The van der Waals surface area contributed by atoms with Crippen LogP contribution in [0.15, 0.2) is 42.5 Å². The lowest BCUT2D eigenvalue weighted by Gasteiger charge is -2.35. The van der Waals surface area contributed by atoms with Gasteiger partial charge in [0.2, 0.25) is 11.8 Å². The maximum absolute atomic E-state index is 13.8. The summed E-state index contributed by atoms with van der Waals surface area (Å²) in [6.07, 6.45) is -0.292. The number of nitrogens with one attached hydrogen (secondary N) is 2. The number of aryl methyl sites for hydroxylation is 2. The van der Waals surface area contributed by atoms with Crippen LogP contribution in [0.3, 0.4) is 0 Å². The molecule has 1 heterocycles. The minimum absolute atomic E-state index is 0.119. The number of benzene rings is 2. The molecule has 1 aliphatic heterocycles. The SMILES string of the molecule is CCC(=O)N1Cc2ccccc2[C@@H](NC(=O)OC(C)(C)C)[C@@H](C)[C@@H]1C(=O)Nc1c(C)cccc1C. The summed E-state index contributed by atoms with van der Waals surface area (Å²) >= 11 is 0. The van der Waals surface area contributed by atoms with Crippen LogP contribution >= 0.6 is 0 Å². The highest BCUT2D eigenvalue weighted by Crippen LogP contribution is 2.36. The number of fused-ring (bicyclic) bond motifs is 1. The average molecular weight is 480 g/mol. The number of hydrogen-bond donors (Lipinski definition) is 2. The van der Waals surface area contributed by atoms with Crippen LogP contribution in [-0.2, 0) is 20.9 Å². The summed E-state index contributed by atoms with van der Waals surface area (Å²) in [5.41, 5.74) is 3.74. The minimum atomic E-state index is -0.797. The van der Waals surface area contributed by atoms with Crippen molar-refractivity contribution in [3.8, 4) is 0 Å². The highest BCUT2D eigenvalue weighted by atomic mass is 16.6. The van der Waals surface area contributed by atoms with Crippen LogP contribution in [0.4, 0.5) is 10.5 Å². The van der Waals surface area contributed by atoms with Gasteiger partial charge in [-0.3, -0.25) is 9.59 Å². The van der Waals surface area contributed by atoms with E-state index in [0.717, 1.165) is 27.9 Å². The molecule has 0 aromatic heterocycles. The van der Waals surface area contributed by atoms with Gasteiger partial charge in [0, 0.05) is 24.6 Å². The lowest BCUT2D eigenvalue weighted by Crippen LogP contribution is -2.52. The predicted octanol–water partition coefficient (Wildman–Crippen LogP) is 5.26. The van der Waals surface area contributed by atoms with E-state index in [-0.39, 0.29) is 24.8 Å². The molecule has 7 heteroatoms. The van der Waals surface area contributed by atoms with Crippen LogP contribution in [0.5, 0.6) is 0 Å². The van der Waals surface area contributed by atoms with Crippen molar-refractivity contribution in [2.24, 2.45) is 5.92 Å². The van der Waals surface area contributed by atoms with E-state index in [1.807, 2.05) is 63.2 Å². The van der Waals surface area contributed by atoms with Gasteiger partial charge in [-0.15, -0.1) is 0 Å². The van der Waals surface area contributed by atoms with E-state index in [0.29, 0.717) is 0 Å². The second-order valence-corrected chi connectivity index (χ2v) is 10.3. The molecule has 2 aromatic rings. The van der Waals surface area contributed by atoms with Crippen LogP contribution in [0.2, 0.25) is 0 Å². The van der Waals surface area contributed by atoms with Gasteiger partial charge in [-0.05, 0) is 56.9 Å². The molecule has 2 aromatic carbocycles. The fourth-order valence-electron chi connectivity index (χ4n) is 4.69. The van der Waals surface area contributed by atoms with Gasteiger partial charge in [-0.1, -0.05) is 56.3 Å². The van der Waals surface area contributed by atoms with Gasteiger partial charge >= 0.3 is 6.09 Å². The molecule has 0 fully saturated rings. The van der Waals surface area contributed by atoms with Crippen LogP contribution in [0, 0.1) is 19.8 Å². The third-order valence-corrected chi connectivity index (χ3v) is 6.38. The van der Waals surface area contributed by atoms with E-state index in [9.17, 15) is 14.4 Å². The van der Waals surface area contributed by atoms with Crippen molar-refractivity contribution in [2.45, 2.75) is 79.1 Å². The number of alkyl carbamates (subject to hydrolysis) is 1. The molecule has 3 atom stereocenters. The maximum Gasteiger partial charge on any atom is 0.408 e. The van der Waals surface area contributed by atoms with Gasteiger partial charge in [0.15, 0.2) is 0 Å². The fourth-order valence-corrected chi connectivity index (χ4v) is 4.69. The number of ether oxygens (including phenoxy) is 1. The van der Waals surface area contributed by atoms with Gasteiger partial charge in [0.05, 0.1) is 6.04 Å². The summed E-state index contributed by atoms with van der Waals surface area (Å²) in [5, 5.41) is 6.07. The number of rotatable bonds is 4. The van der Waals surface area contributed by atoms with Gasteiger partial charge < -0.3 is 20.3 Å². The first-order valence-corrected chi connectivity index (χ1v) is 12.2. The third kappa shape index (κ3) is 6.02. The van der Waals surface area contributed by atoms with Gasteiger partial charge in [-0.2, -0.15) is 0 Å². The molecule has 7 nitrogen and oxygen atoms in total. The Hall–Kier alpha value is -3.35. The zero-order chi connectivity index (χ0) is 25.9. The molecule has 0 spiro atoms. The molecule has 3 rings (SSSR count). The van der Waals surface area contributed by atoms with E-state index in [2.05, 4.69) is 10.6 Å². The van der Waals surface area contributed by atoms with Gasteiger partial charge in [0.1, 0.15) is 11.6 Å². The Bertz CT molecular complexity index is 1090. The lowest BCUT2D eigenvalue weighted by atomic mass is 9.87. The standard InChI is InChI=1S/C28H37N3O4/c1-8-22(32)31-16-20-14-9-10-15-21(20)24(30-27(34)35-28(5,6)7)19(4)25(31)26(33)29-23-17(2)12-11-13-18(23)3/h9-15,19,24-25H,8,16H2,1-7H3,(H,29,33)(H,30,34)/t19-,24+,25-/m1/s1. The first kappa shape index (κ1) is 26.3. The van der Waals surface area contributed by atoms with E-state index in [4.69, 9.17) is 4.74 Å². The number of carbonyl (C=O) groups is 3. The molecule has 35 heavy (non-hydrogen) atoms. The zero-order valence-corrected chi connectivity index (χ0v) is 21.8.